The van der Waals surface area contributed by atoms with Crippen molar-refractivity contribution in [3.05, 3.63) is 48.4 Å². The number of rotatable bonds is 9. The number of sulfonamides is 1. The maximum atomic E-state index is 12.5. The van der Waals surface area contributed by atoms with Gasteiger partial charge in [-0.2, -0.15) is 4.31 Å². The Morgan fingerprint density at radius 2 is 1.85 bits per heavy atom. The first-order valence-corrected chi connectivity index (χ1v) is 14.8. The van der Waals surface area contributed by atoms with Crippen molar-refractivity contribution >= 4 is 38.6 Å². The summed E-state index contributed by atoms with van der Waals surface area (Å²) in [5, 5.41) is 26.8. The van der Waals surface area contributed by atoms with E-state index >= 15 is 0 Å². The third kappa shape index (κ3) is 6.70. The Hall–Kier alpha value is -3.30. The van der Waals surface area contributed by atoms with Gasteiger partial charge in [-0.25, -0.2) is 23.2 Å². The molecule has 3 aromatic rings. The van der Waals surface area contributed by atoms with Crippen LogP contribution in [0.15, 0.2) is 42.9 Å². The molecular formula is C26H37N7O6S. The number of aromatic nitrogens is 3. The largest absolute Gasteiger partial charge is 0.397 e. The molecule has 4 rings (SSSR count). The van der Waals surface area contributed by atoms with Crippen LogP contribution in [0, 0.1) is 0 Å². The first-order valence-electron chi connectivity index (χ1n) is 12.9. The molecule has 2 amide bonds. The van der Waals surface area contributed by atoms with E-state index in [1.807, 2.05) is 24.3 Å². The lowest BCUT2D eigenvalue weighted by atomic mass is 9.87. The molecule has 0 unspecified atom stereocenters. The van der Waals surface area contributed by atoms with E-state index in [9.17, 15) is 23.4 Å². The molecule has 0 aliphatic carbocycles. The summed E-state index contributed by atoms with van der Waals surface area (Å²) in [5.74, 6) is 0. The molecule has 14 heteroatoms. The highest BCUT2D eigenvalue weighted by Crippen LogP contribution is 2.33. The number of carbonyl (C=O) groups is 1. The van der Waals surface area contributed by atoms with Gasteiger partial charge in [0.2, 0.25) is 10.0 Å². The van der Waals surface area contributed by atoms with Crippen molar-refractivity contribution in [2.45, 2.75) is 57.1 Å². The van der Waals surface area contributed by atoms with Crippen molar-refractivity contribution in [1.82, 2.24) is 24.2 Å². The molecule has 4 atom stereocenters. The standard InChI is InChI=1S/C26H37N7O6S/c1-26(2,3)16-6-8-17(9-7-16)31-25(36)29-11-5-13-32(40(4,37)38)14-19-21(34)22(35)24(39-19)33-15-30-20-18(27)10-12-28-23(20)33/h6-10,12,15,19,21-22,24,34-35H,5,11,13-14H2,1-4H3,(H2,27,28)(H2,29,31,36)/t19-,21-,22-,24-/m1/s1. The van der Waals surface area contributed by atoms with Crippen LogP contribution in [0.5, 0.6) is 0 Å². The van der Waals surface area contributed by atoms with Crippen LogP contribution in [0.3, 0.4) is 0 Å². The lowest BCUT2D eigenvalue weighted by molar-refractivity contribution is -0.0386. The number of aliphatic hydroxyl groups is 2. The van der Waals surface area contributed by atoms with Gasteiger partial charge < -0.3 is 31.3 Å². The fourth-order valence-corrected chi connectivity index (χ4v) is 5.41. The number of nitrogens with zero attached hydrogens (tertiary/aromatic N) is 4. The molecule has 1 fully saturated rings. The molecule has 1 aliphatic heterocycles. The molecule has 3 heterocycles. The Morgan fingerprint density at radius 3 is 2.50 bits per heavy atom. The number of pyridine rings is 1. The van der Waals surface area contributed by atoms with Gasteiger partial charge in [0.1, 0.15) is 23.8 Å². The van der Waals surface area contributed by atoms with Crippen LogP contribution >= 0.6 is 0 Å². The predicted molar refractivity (Wildman–Crippen MR) is 151 cm³/mol. The van der Waals surface area contributed by atoms with Crippen LogP contribution in [-0.2, 0) is 20.2 Å². The first kappa shape index (κ1) is 29.7. The molecule has 13 nitrogen and oxygen atoms in total. The summed E-state index contributed by atoms with van der Waals surface area (Å²) in [4.78, 5) is 20.7. The quantitative estimate of drug-likeness (QED) is 0.235. The smallest absolute Gasteiger partial charge is 0.319 e. The molecule has 218 valence electrons. The van der Waals surface area contributed by atoms with E-state index in [2.05, 4.69) is 41.4 Å². The average molecular weight is 576 g/mol. The molecule has 1 aromatic carbocycles. The summed E-state index contributed by atoms with van der Waals surface area (Å²) in [6.07, 6.45) is -0.498. The van der Waals surface area contributed by atoms with E-state index in [0.29, 0.717) is 29.0 Å². The zero-order chi connectivity index (χ0) is 29.2. The van der Waals surface area contributed by atoms with Crippen molar-refractivity contribution in [3.63, 3.8) is 0 Å². The SMILES string of the molecule is CC(C)(C)c1ccc(NC(=O)NCCCN(C[C@H]2O[C@@H](n3cnc4c(N)ccnc43)[C@H](O)[C@@H]2O)S(C)(=O)=O)cc1. The molecule has 1 saturated heterocycles. The number of anilines is 2. The topological polar surface area (TPSA) is 185 Å². The Labute approximate surface area is 233 Å². The average Bonchev–Trinajstić information content (AvgIpc) is 3.42. The molecule has 0 bridgehead atoms. The Balaban J connectivity index is 1.31. The molecule has 6 N–H and O–H groups in total. The third-order valence-electron chi connectivity index (χ3n) is 6.83. The highest BCUT2D eigenvalue weighted by atomic mass is 32.2. The number of carbonyl (C=O) groups excluding carboxylic acids is 1. The van der Waals surface area contributed by atoms with Gasteiger partial charge >= 0.3 is 6.03 Å². The number of nitrogens with one attached hydrogen (secondary N) is 2. The predicted octanol–water partition coefficient (Wildman–Crippen LogP) is 1.40. The first-order chi connectivity index (χ1) is 18.8. The van der Waals surface area contributed by atoms with Crippen LogP contribution in [0.2, 0.25) is 0 Å². The van der Waals surface area contributed by atoms with Crippen molar-refractivity contribution in [2.75, 3.05) is 36.9 Å². The van der Waals surface area contributed by atoms with E-state index in [0.717, 1.165) is 16.1 Å². The van der Waals surface area contributed by atoms with Crippen LogP contribution in [0.25, 0.3) is 11.2 Å². The number of hydrogen-bond acceptors (Lipinski definition) is 9. The van der Waals surface area contributed by atoms with Gasteiger partial charge in [-0.05, 0) is 35.6 Å². The van der Waals surface area contributed by atoms with Crippen LogP contribution in [0.1, 0.15) is 39.0 Å². The van der Waals surface area contributed by atoms with E-state index < -0.39 is 40.6 Å². The van der Waals surface area contributed by atoms with Gasteiger partial charge in [0, 0.05) is 31.5 Å². The van der Waals surface area contributed by atoms with Crippen molar-refractivity contribution < 1.29 is 28.2 Å². The number of hydrogen-bond donors (Lipinski definition) is 5. The minimum Gasteiger partial charge on any atom is -0.397 e. The van der Waals surface area contributed by atoms with Crippen LogP contribution < -0.4 is 16.4 Å². The van der Waals surface area contributed by atoms with E-state index in [-0.39, 0.29) is 25.0 Å². The highest BCUT2D eigenvalue weighted by molar-refractivity contribution is 7.88. The number of nitrogens with two attached hydrogens (primary N) is 1. The van der Waals surface area contributed by atoms with E-state index in [4.69, 9.17) is 10.5 Å². The fraction of sp³-hybridized carbons (Fsp3) is 0.500. The van der Waals surface area contributed by atoms with Crippen LogP contribution in [-0.4, -0.2) is 87.7 Å². The minimum atomic E-state index is -3.69. The molecule has 1 aliphatic rings. The normalized spacial score (nSPS) is 21.7. The summed E-state index contributed by atoms with van der Waals surface area (Å²) in [7, 11) is -3.69. The number of aliphatic hydroxyl groups excluding tert-OH is 2. The number of ether oxygens (including phenoxy) is 1. The second-order valence-electron chi connectivity index (χ2n) is 11.0. The monoisotopic (exact) mass is 575 g/mol. The number of benzene rings is 1. The molecule has 40 heavy (non-hydrogen) atoms. The summed E-state index contributed by atoms with van der Waals surface area (Å²) < 4.78 is 33.5. The van der Waals surface area contributed by atoms with E-state index in [1.54, 1.807) is 6.07 Å². The second kappa shape index (κ2) is 11.7. The Bertz CT molecular complexity index is 1440. The van der Waals surface area contributed by atoms with Gasteiger partial charge in [-0.3, -0.25) is 4.57 Å². The fourth-order valence-electron chi connectivity index (χ4n) is 4.53. The molecule has 2 aromatic heterocycles. The van der Waals surface area contributed by atoms with Crippen LogP contribution in [0.4, 0.5) is 16.2 Å². The zero-order valence-electron chi connectivity index (χ0n) is 23.0. The Kier molecular flexibility index (Phi) is 8.66. The van der Waals surface area contributed by atoms with E-state index in [1.165, 1.54) is 17.1 Å². The summed E-state index contributed by atoms with van der Waals surface area (Å²) in [6.45, 7) is 6.42. The highest BCUT2D eigenvalue weighted by Gasteiger charge is 2.45. The molecule has 0 saturated carbocycles. The number of nitrogen functional groups attached to an aromatic ring is 1. The summed E-state index contributed by atoms with van der Waals surface area (Å²) in [6, 6.07) is 8.77. The van der Waals surface area contributed by atoms with Gasteiger partial charge in [0.25, 0.3) is 0 Å². The number of imidazole rings is 1. The van der Waals surface area contributed by atoms with Crippen molar-refractivity contribution in [1.29, 1.82) is 0 Å². The lowest BCUT2D eigenvalue weighted by Gasteiger charge is -2.24. The van der Waals surface area contributed by atoms with Gasteiger partial charge in [-0.1, -0.05) is 32.9 Å². The number of fused-ring (bicyclic) bond motifs is 1. The molecule has 0 spiro atoms. The van der Waals surface area contributed by atoms with Gasteiger partial charge in [0.05, 0.1) is 18.3 Å². The third-order valence-corrected chi connectivity index (χ3v) is 8.10. The Morgan fingerprint density at radius 1 is 1.15 bits per heavy atom. The maximum Gasteiger partial charge on any atom is 0.319 e. The number of amides is 2. The summed E-state index contributed by atoms with van der Waals surface area (Å²) >= 11 is 0. The molecule has 0 radical (unpaired) electrons. The summed E-state index contributed by atoms with van der Waals surface area (Å²) in [5.41, 5.74) is 8.92. The maximum absolute atomic E-state index is 12.5. The van der Waals surface area contributed by atoms with Crippen molar-refractivity contribution in [3.8, 4) is 0 Å². The molecular weight excluding hydrogens is 538 g/mol. The van der Waals surface area contributed by atoms with Gasteiger partial charge in [-0.15, -0.1) is 0 Å². The lowest BCUT2D eigenvalue weighted by Crippen LogP contribution is -2.43. The number of urea groups is 1. The zero-order valence-corrected chi connectivity index (χ0v) is 23.8. The minimum absolute atomic E-state index is 0.00445. The second-order valence-corrected chi connectivity index (χ2v) is 12.9. The van der Waals surface area contributed by atoms with Crippen molar-refractivity contribution in [2.24, 2.45) is 0 Å². The van der Waals surface area contributed by atoms with Gasteiger partial charge in [0.15, 0.2) is 11.9 Å².